The summed E-state index contributed by atoms with van der Waals surface area (Å²) in [4.78, 5) is 37.9. The highest BCUT2D eigenvalue weighted by Gasteiger charge is 2.19. The Bertz CT molecular complexity index is 1370. The number of hydrogen-bond donors (Lipinski definition) is 0. The lowest BCUT2D eigenvalue weighted by atomic mass is 10.0. The number of allylic oxidation sites excluding steroid dienone is 12. The van der Waals surface area contributed by atoms with Gasteiger partial charge < -0.3 is 14.2 Å². The van der Waals surface area contributed by atoms with Gasteiger partial charge in [-0.25, -0.2) is 0 Å². The third-order valence-corrected chi connectivity index (χ3v) is 14.0. The van der Waals surface area contributed by atoms with E-state index >= 15 is 0 Å². The fourth-order valence-electron chi connectivity index (χ4n) is 9.21. The van der Waals surface area contributed by atoms with Gasteiger partial charge in [-0.3, -0.25) is 14.4 Å². The number of ether oxygens (including phenoxy) is 3. The predicted molar refractivity (Wildman–Crippen MR) is 321 cm³/mol. The van der Waals surface area contributed by atoms with Crippen molar-refractivity contribution in [2.45, 2.75) is 329 Å². The molecule has 6 heteroatoms. The summed E-state index contributed by atoms with van der Waals surface area (Å²) >= 11 is 0. The van der Waals surface area contributed by atoms with Crippen molar-refractivity contribution in [2.24, 2.45) is 0 Å². The van der Waals surface area contributed by atoms with Gasteiger partial charge >= 0.3 is 17.9 Å². The lowest BCUT2D eigenvalue weighted by Crippen LogP contribution is -2.30. The van der Waals surface area contributed by atoms with Crippen LogP contribution < -0.4 is 0 Å². The minimum Gasteiger partial charge on any atom is -0.462 e. The third kappa shape index (κ3) is 59.7. The van der Waals surface area contributed by atoms with E-state index < -0.39 is 6.10 Å². The fourth-order valence-corrected chi connectivity index (χ4v) is 9.21. The standard InChI is InChI=1S/C68H120O6/c1-4-7-10-13-15-17-19-21-23-25-27-29-31-33-35-36-38-40-42-44-46-48-50-52-55-58-61-67(70)73-64-65(63-72-66(69)60-57-54-12-9-6-3)74-68(71)62-59-56-53-51-49-47-45-43-41-39-37-34-32-30-28-26-24-22-20-18-16-14-11-8-5-2/h8,11,16,18,22,24,28,30,34,37,41,43,65H,4-7,9-10,12-15,17,19-21,23,25-27,29,31-33,35-36,38-40,42,44-64H2,1-3H3/b11-8-,18-16-,24-22-,30-28-,37-34-,43-41-. The number of carbonyl (C=O) groups is 3. The van der Waals surface area contributed by atoms with E-state index in [1.165, 1.54) is 167 Å². The highest BCUT2D eigenvalue weighted by Crippen LogP contribution is 2.17. The van der Waals surface area contributed by atoms with E-state index in [-0.39, 0.29) is 31.1 Å². The molecule has 0 fully saturated rings. The summed E-state index contributed by atoms with van der Waals surface area (Å²) in [6, 6.07) is 0. The second kappa shape index (κ2) is 62.4. The monoisotopic (exact) mass is 1030 g/mol. The highest BCUT2D eigenvalue weighted by atomic mass is 16.6. The molecule has 0 spiro atoms. The zero-order valence-electron chi connectivity index (χ0n) is 49.1. The largest absolute Gasteiger partial charge is 0.462 e. The molecule has 1 atom stereocenters. The summed E-state index contributed by atoms with van der Waals surface area (Å²) in [6.07, 6.45) is 81.1. The maximum atomic E-state index is 12.8. The molecule has 0 saturated heterocycles. The van der Waals surface area contributed by atoms with E-state index in [0.29, 0.717) is 19.3 Å². The minimum absolute atomic E-state index is 0.0788. The molecule has 0 aromatic heterocycles. The van der Waals surface area contributed by atoms with E-state index in [1.54, 1.807) is 0 Å². The average molecular weight is 1030 g/mol. The molecule has 1 unspecified atom stereocenters. The normalized spacial score (nSPS) is 12.5. The molecule has 0 aromatic carbocycles. The molecular weight excluding hydrogens is 913 g/mol. The Morgan fingerprint density at radius 2 is 0.527 bits per heavy atom. The van der Waals surface area contributed by atoms with Crippen LogP contribution in [0.1, 0.15) is 323 Å². The maximum absolute atomic E-state index is 12.8. The SMILES string of the molecule is CC/C=C\C/C=C\C/C=C\C/C=C\C/C=C\C/C=C\CCCCCCCCC(=O)OC(COC(=O)CCCCCCC)COC(=O)CCCCCCCCCCCCCCCCCCCCCCCCCCCC. The molecule has 6 nitrogen and oxygen atoms in total. The molecule has 0 N–H and O–H groups in total. The highest BCUT2D eigenvalue weighted by molar-refractivity contribution is 5.71. The molecule has 0 aliphatic heterocycles. The van der Waals surface area contributed by atoms with E-state index in [4.69, 9.17) is 14.2 Å². The second-order valence-electron chi connectivity index (χ2n) is 21.3. The van der Waals surface area contributed by atoms with E-state index in [9.17, 15) is 14.4 Å². The van der Waals surface area contributed by atoms with Gasteiger partial charge in [-0.15, -0.1) is 0 Å². The van der Waals surface area contributed by atoms with Crippen LogP contribution in [0.4, 0.5) is 0 Å². The van der Waals surface area contributed by atoms with Crippen molar-refractivity contribution in [1.29, 1.82) is 0 Å². The van der Waals surface area contributed by atoms with Gasteiger partial charge in [-0.2, -0.15) is 0 Å². The van der Waals surface area contributed by atoms with Crippen molar-refractivity contribution in [1.82, 2.24) is 0 Å². The van der Waals surface area contributed by atoms with Gasteiger partial charge in [0, 0.05) is 19.3 Å². The summed E-state index contributed by atoms with van der Waals surface area (Å²) in [5, 5.41) is 0. The number of unbranched alkanes of at least 4 members (excludes halogenated alkanes) is 35. The lowest BCUT2D eigenvalue weighted by molar-refractivity contribution is -0.167. The molecule has 428 valence electrons. The minimum atomic E-state index is -0.779. The Labute approximate surface area is 459 Å². The molecular formula is C68H120O6. The quantitative estimate of drug-likeness (QED) is 0.0261. The van der Waals surface area contributed by atoms with Crippen LogP contribution in [0.2, 0.25) is 0 Å². The number of hydrogen-bond acceptors (Lipinski definition) is 6. The molecule has 0 radical (unpaired) electrons. The lowest BCUT2D eigenvalue weighted by Gasteiger charge is -2.18. The molecule has 0 bridgehead atoms. The Balaban J connectivity index is 4.05. The van der Waals surface area contributed by atoms with Crippen molar-refractivity contribution in [3.8, 4) is 0 Å². The van der Waals surface area contributed by atoms with Crippen LogP contribution in [0, 0.1) is 0 Å². The summed E-state index contributed by atoms with van der Waals surface area (Å²) < 4.78 is 16.8. The molecule has 0 aliphatic rings. The summed E-state index contributed by atoms with van der Waals surface area (Å²) in [5.74, 6) is -0.895. The van der Waals surface area contributed by atoms with Crippen LogP contribution in [0.25, 0.3) is 0 Å². The molecule has 0 saturated carbocycles. The first-order valence-electron chi connectivity index (χ1n) is 31.9. The Kier molecular flexibility index (Phi) is 59.7. The number of esters is 3. The first kappa shape index (κ1) is 70.8. The molecule has 0 aromatic rings. The first-order chi connectivity index (χ1) is 36.5. The van der Waals surface area contributed by atoms with Gasteiger partial charge in [0.15, 0.2) is 6.10 Å². The van der Waals surface area contributed by atoms with E-state index in [0.717, 1.165) is 116 Å². The van der Waals surface area contributed by atoms with Crippen molar-refractivity contribution in [2.75, 3.05) is 13.2 Å². The van der Waals surface area contributed by atoms with Crippen molar-refractivity contribution in [3.63, 3.8) is 0 Å². The smallest absolute Gasteiger partial charge is 0.306 e. The predicted octanol–water partition coefficient (Wildman–Crippen LogP) is 21.7. The molecule has 0 heterocycles. The maximum Gasteiger partial charge on any atom is 0.306 e. The van der Waals surface area contributed by atoms with Crippen molar-refractivity contribution < 1.29 is 28.6 Å². The van der Waals surface area contributed by atoms with Crippen molar-refractivity contribution >= 4 is 17.9 Å². The van der Waals surface area contributed by atoms with Crippen LogP contribution in [-0.2, 0) is 28.6 Å². The third-order valence-electron chi connectivity index (χ3n) is 14.0. The molecule has 0 amide bonds. The van der Waals surface area contributed by atoms with Gasteiger partial charge in [0.2, 0.25) is 0 Å². The average Bonchev–Trinajstić information content (AvgIpc) is 3.40. The Morgan fingerprint density at radius 3 is 0.824 bits per heavy atom. The van der Waals surface area contributed by atoms with E-state index in [2.05, 4.69) is 93.7 Å². The summed E-state index contributed by atoms with van der Waals surface area (Å²) in [7, 11) is 0. The second-order valence-corrected chi connectivity index (χ2v) is 21.3. The zero-order chi connectivity index (χ0) is 53.6. The van der Waals surface area contributed by atoms with Gasteiger partial charge in [0.25, 0.3) is 0 Å². The molecule has 0 rings (SSSR count). The summed E-state index contributed by atoms with van der Waals surface area (Å²) in [5.41, 5.74) is 0. The van der Waals surface area contributed by atoms with Crippen LogP contribution in [0.3, 0.4) is 0 Å². The summed E-state index contributed by atoms with van der Waals surface area (Å²) in [6.45, 7) is 6.47. The van der Waals surface area contributed by atoms with E-state index in [1.807, 2.05) is 0 Å². The van der Waals surface area contributed by atoms with Gasteiger partial charge in [0.05, 0.1) is 0 Å². The zero-order valence-corrected chi connectivity index (χ0v) is 49.1. The van der Waals surface area contributed by atoms with Crippen LogP contribution in [0.5, 0.6) is 0 Å². The van der Waals surface area contributed by atoms with Crippen molar-refractivity contribution in [3.05, 3.63) is 72.9 Å². The first-order valence-corrected chi connectivity index (χ1v) is 31.9. The number of rotatable bonds is 58. The Morgan fingerprint density at radius 1 is 0.284 bits per heavy atom. The van der Waals surface area contributed by atoms with Gasteiger partial charge in [0.1, 0.15) is 13.2 Å². The van der Waals surface area contributed by atoms with Crippen LogP contribution >= 0.6 is 0 Å². The Hall–Kier alpha value is -3.15. The molecule has 0 aliphatic carbocycles. The van der Waals surface area contributed by atoms with Gasteiger partial charge in [-0.05, 0) is 70.6 Å². The van der Waals surface area contributed by atoms with Gasteiger partial charge in [-0.1, -0.05) is 306 Å². The van der Waals surface area contributed by atoms with Crippen LogP contribution in [-0.4, -0.2) is 37.2 Å². The molecule has 74 heavy (non-hydrogen) atoms. The topological polar surface area (TPSA) is 78.9 Å². The number of carbonyl (C=O) groups excluding carboxylic acids is 3. The van der Waals surface area contributed by atoms with Crippen LogP contribution in [0.15, 0.2) is 72.9 Å². The fraction of sp³-hybridized carbons (Fsp3) is 0.779.